The van der Waals surface area contributed by atoms with Crippen molar-refractivity contribution in [3.63, 3.8) is 0 Å². The van der Waals surface area contributed by atoms with E-state index in [2.05, 4.69) is 48.1 Å². The number of imidazole rings is 1. The number of anilines is 1. The van der Waals surface area contributed by atoms with Crippen molar-refractivity contribution >= 4 is 34.2 Å². The molecule has 10 heteroatoms. The Morgan fingerprint density at radius 1 is 1.14 bits per heavy atom. The molecule has 4 aromatic rings. The zero-order valence-electron chi connectivity index (χ0n) is 22.6. The van der Waals surface area contributed by atoms with Crippen molar-refractivity contribution in [1.82, 2.24) is 24.3 Å². The molecule has 0 radical (unpaired) electrons. The first-order valence-electron chi connectivity index (χ1n) is 12.3. The van der Waals surface area contributed by atoms with Crippen molar-refractivity contribution in [3.05, 3.63) is 52.9 Å². The number of fused-ring (bicyclic) bond motifs is 1. The van der Waals surface area contributed by atoms with Gasteiger partial charge in [-0.2, -0.15) is 0 Å². The van der Waals surface area contributed by atoms with Gasteiger partial charge < -0.3 is 23.9 Å². The molecule has 9 nitrogen and oxygen atoms in total. The lowest BCUT2D eigenvalue weighted by Crippen LogP contribution is -2.32. The second kappa shape index (κ2) is 10.7. The standard InChI is InChI=1S/C27H36N6O3S/c1-18-28-15-22(36-18)23-10-11-24(37-23)25(34)32(7)26-29-20-14-19(16-31(6)13-12-30(4)5)8-9-21(20)33(26)17-27(2,3)35/h8-11,14-15,35H,12-13,16-17H2,1-7H3. The number of nitrogens with zero attached hydrogens (tertiary/aromatic N) is 6. The molecule has 1 aromatic carbocycles. The SMILES string of the molecule is Cc1ncc(-c2ccc(C(=O)N(C)c3nc4cc(CN(C)CCN(C)C)ccc4n3CC(C)(C)O)s2)o1. The van der Waals surface area contributed by atoms with Crippen molar-refractivity contribution in [2.45, 2.75) is 39.5 Å². The fourth-order valence-corrected chi connectivity index (χ4v) is 5.07. The third-order valence-electron chi connectivity index (χ3n) is 6.00. The topological polar surface area (TPSA) is 90.9 Å². The van der Waals surface area contributed by atoms with Crippen molar-refractivity contribution in [1.29, 1.82) is 0 Å². The number of thiophene rings is 1. The Morgan fingerprint density at radius 3 is 2.54 bits per heavy atom. The van der Waals surface area contributed by atoms with E-state index in [0.29, 0.717) is 29.0 Å². The van der Waals surface area contributed by atoms with E-state index < -0.39 is 5.60 Å². The molecular weight excluding hydrogens is 488 g/mol. The second-order valence-electron chi connectivity index (χ2n) is 10.4. The molecule has 3 aromatic heterocycles. The van der Waals surface area contributed by atoms with E-state index in [4.69, 9.17) is 9.40 Å². The van der Waals surface area contributed by atoms with E-state index in [-0.39, 0.29) is 5.91 Å². The van der Waals surface area contributed by atoms with E-state index in [1.165, 1.54) is 11.3 Å². The maximum absolute atomic E-state index is 13.5. The van der Waals surface area contributed by atoms with Gasteiger partial charge in [0.1, 0.15) is 0 Å². The zero-order chi connectivity index (χ0) is 26.9. The first-order valence-corrected chi connectivity index (χ1v) is 13.1. The molecule has 3 heterocycles. The molecular formula is C27H36N6O3S. The quantitative estimate of drug-likeness (QED) is 0.334. The number of hydrogen-bond donors (Lipinski definition) is 1. The smallest absolute Gasteiger partial charge is 0.270 e. The summed E-state index contributed by atoms with van der Waals surface area (Å²) in [4.78, 5) is 29.9. The average Bonchev–Trinajstić information content (AvgIpc) is 3.54. The number of benzene rings is 1. The normalized spacial score (nSPS) is 12.3. The van der Waals surface area contributed by atoms with Gasteiger partial charge in [0, 0.05) is 33.6 Å². The lowest BCUT2D eigenvalue weighted by molar-refractivity contribution is 0.0628. The first-order chi connectivity index (χ1) is 17.4. The number of carbonyl (C=O) groups is 1. The molecule has 0 aliphatic carbocycles. The zero-order valence-corrected chi connectivity index (χ0v) is 23.5. The number of oxazole rings is 1. The Hall–Kier alpha value is -3.05. The summed E-state index contributed by atoms with van der Waals surface area (Å²) in [6, 6.07) is 9.85. The Kier molecular flexibility index (Phi) is 7.84. The summed E-state index contributed by atoms with van der Waals surface area (Å²) < 4.78 is 7.53. The largest absolute Gasteiger partial charge is 0.440 e. The lowest BCUT2D eigenvalue weighted by Gasteiger charge is -2.23. The van der Waals surface area contributed by atoms with Crippen molar-refractivity contribution < 1.29 is 14.3 Å². The molecule has 0 aliphatic heterocycles. The first kappa shape index (κ1) is 27.0. The Morgan fingerprint density at radius 2 is 1.89 bits per heavy atom. The minimum absolute atomic E-state index is 0.177. The van der Waals surface area contributed by atoms with Crippen molar-refractivity contribution in [2.75, 3.05) is 46.2 Å². The number of aromatic nitrogens is 3. The van der Waals surface area contributed by atoms with E-state index in [1.807, 2.05) is 16.7 Å². The van der Waals surface area contributed by atoms with E-state index in [1.54, 1.807) is 45.0 Å². The predicted molar refractivity (Wildman–Crippen MR) is 148 cm³/mol. The summed E-state index contributed by atoms with van der Waals surface area (Å²) in [7, 11) is 7.97. The molecule has 0 aliphatic rings. The number of likely N-dealkylation sites (N-methyl/N-ethyl adjacent to an activating group) is 2. The molecule has 0 atom stereocenters. The fourth-order valence-electron chi connectivity index (χ4n) is 4.14. The van der Waals surface area contributed by atoms with Crippen LogP contribution in [0.1, 0.15) is 35.0 Å². The van der Waals surface area contributed by atoms with E-state index in [0.717, 1.165) is 41.1 Å². The van der Waals surface area contributed by atoms with E-state index in [9.17, 15) is 9.90 Å². The highest BCUT2D eigenvalue weighted by Crippen LogP contribution is 2.31. The van der Waals surface area contributed by atoms with Crippen molar-refractivity contribution in [2.24, 2.45) is 0 Å². The van der Waals surface area contributed by atoms with Crippen LogP contribution in [0.4, 0.5) is 5.95 Å². The number of carbonyl (C=O) groups excluding carboxylic acids is 1. The minimum Gasteiger partial charge on any atom is -0.440 e. The number of amides is 1. The van der Waals surface area contributed by atoms with Crippen LogP contribution >= 0.6 is 11.3 Å². The maximum atomic E-state index is 13.5. The van der Waals surface area contributed by atoms with Crippen LogP contribution in [0.3, 0.4) is 0 Å². The highest BCUT2D eigenvalue weighted by Gasteiger charge is 2.26. The number of hydrogen-bond acceptors (Lipinski definition) is 8. The molecule has 1 N–H and O–H groups in total. The van der Waals surface area contributed by atoms with Crippen LogP contribution in [0.15, 0.2) is 40.9 Å². The van der Waals surface area contributed by atoms with Gasteiger partial charge in [-0.1, -0.05) is 6.07 Å². The molecule has 198 valence electrons. The Labute approximate surface area is 221 Å². The van der Waals surface area contributed by atoms with Gasteiger partial charge in [0.15, 0.2) is 11.7 Å². The Bertz CT molecular complexity index is 1380. The highest BCUT2D eigenvalue weighted by atomic mass is 32.1. The van der Waals surface area contributed by atoms with Crippen LogP contribution < -0.4 is 4.90 Å². The molecule has 1 amide bonds. The van der Waals surface area contributed by atoms with Crippen LogP contribution in [0.2, 0.25) is 0 Å². The number of aliphatic hydroxyl groups is 1. The van der Waals surface area contributed by atoms with Gasteiger partial charge in [0.2, 0.25) is 5.95 Å². The summed E-state index contributed by atoms with van der Waals surface area (Å²) in [5.41, 5.74) is 1.83. The minimum atomic E-state index is -0.989. The molecule has 37 heavy (non-hydrogen) atoms. The lowest BCUT2D eigenvalue weighted by atomic mass is 10.1. The summed E-state index contributed by atoms with van der Waals surface area (Å²) in [6.45, 7) is 8.33. The van der Waals surface area contributed by atoms with Crippen LogP contribution in [-0.4, -0.2) is 82.2 Å². The molecule has 0 saturated heterocycles. The molecule has 0 fully saturated rings. The van der Waals surface area contributed by atoms with Gasteiger partial charge >= 0.3 is 0 Å². The van der Waals surface area contributed by atoms with Gasteiger partial charge in [-0.25, -0.2) is 9.97 Å². The monoisotopic (exact) mass is 524 g/mol. The van der Waals surface area contributed by atoms with Gasteiger partial charge in [-0.3, -0.25) is 9.69 Å². The van der Waals surface area contributed by atoms with Gasteiger partial charge in [0.05, 0.1) is 39.1 Å². The predicted octanol–water partition coefficient (Wildman–Crippen LogP) is 4.10. The fraction of sp³-hybridized carbons (Fsp3) is 0.444. The molecule has 0 bridgehead atoms. The van der Waals surface area contributed by atoms with Gasteiger partial charge in [-0.05, 0) is 64.8 Å². The molecule has 0 unspecified atom stereocenters. The van der Waals surface area contributed by atoms with Crippen LogP contribution in [0.25, 0.3) is 21.7 Å². The van der Waals surface area contributed by atoms with Crippen LogP contribution in [0.5, 0.6) is 0 Å². The number of aryl methyl sites for hydroxylation is 1. The van der Waals surface area contributed by atoms with Gasteiger partial charge in [-0.15, -0.1) is 11.3 Å². The molecule has 0 saturated carbocycles. The molecule has 0 spiro atoms. The highest BCUT2D eigenvalue weighted by molar-refractivity contribution is 7.17. The van der Waals surface area contributed by atoms with Crippen LogP contribution in [0, 0.1) is 6.92 Å². The third kappa shape index (κ3) is 6.45. The maximum Gasteiger partial charge on any atom is 0.270 e. The van der Waals surface area contributed by atoms with Crippen LogP contribution in [-0.2, 0) is 13.1 Å². The summed E-state index contributed by atoms with van der Waals surface area (Å²) >= 11 is 1.35. The van der Waals surface area contributed by atoms with E-state index >= 15 is 0 Å². The van der Waals surface area contributed by atoms with Crippen molar-refractivity contribution in [3.8, 4) is 10.6 Å². The third-order valence-corrected chi connectivity index (χ3v) is 7.09. The molecule has 4 rings (SSSR count). The Balaban J connectivity index is 1.64. The summed E-state index contributed by atoms with van der Waals surface area (Å²) in [5.74, 6) is 1.53. The van der Waals surface area contributed by atoms with Gasteiger partial charge in [0.25, 0.3) is 5.91 Å². The summed E-state index contributed by atoms with van der Waals surface area (Å²) in [5, 5.41) is 10.6. The average molecular weight is 525 g/mol. The summed E-state index contributed by atoms with van der Waals surface area (Å²) in [6.07, 6.45) is 1.66. The number of rotatable bonds is 10. The second-order valence-corrected chi connectivity index (χ2v) is 11.5.